The van der Waals surface area contributed by atoms with Crippen molar-refractivity contribution in [3.05, 3.63) is 59.6 Å². The number of aliphatic imine (C=N–C) groups is 1. The van der Waals surface area contributed by atoms with Gasteiger partial charge in [0.1, 0.15) is 23.2 Å². The third-order valence-electron chi connectivity index (χ3n) is 7.30. The van der Waals surface area contributed by atoms with Gasteiger partial charge in [-0.1, -0.05) is 50.3 Å². The maximum Gasteiger partial charge on any atom is 0.324 e. The van der Waals surface area contributed by atoms with Crippen LogP contribution in [0.2, 0.25) is 0 Å². The summed E-state index contributed by atoms with van der Waals surface area (Å²) < 4.78 is 5.53. The summed E-state index contributed by atoms with van der Waals surface area (Å²) in [6, 6.07) is 12.7. The molecular weight excluding hydrogens is 424 g/mol. The van der Waals surface area contributed by atoms with Crippen molar-refractivity contribution in [3.63, 3.8) is 0 Å². The van der Waals surface area contributed by atoms with Crippen LogP contribution in [0.25, 0.3) is 0 Å². The zero-order valence-corrected chi connectivity index (χ0v) is 20.9. The molecule has 0 aromatic heterocycles. The molecule has 2 amide bonds. The van der Waals surface area contributed by atoms with Gasteiger partial charge in [0.25, 0.3) is 0 Å². The van der Waals surface area contributed by atoms with Gasteiger partial charge in [-0.05, 0) is 62.3 Å². The summed E-state index contributed by atoms with van der Waals surface area (Å²) in [5.41, 5.74) is 2.06. The maximum atomic E-state index is 13.9. The van der Waals surface area contributed by atoms with Crippen LogP contribution in [0, 0.1) is 23.2 Å². The number of amides is 2. The van der Waals surface area contributed by atoms with Crippen molar-refractivity contribution < 1.29 is 9.53 Å². The fourth-order valence-electron chi connectivity index (χ4n) is 4.87. The molecule has 182 valence electrons. The van der Waals surface area contributed by atoms with E-state index in [0.717, 1.165) is 32.4 Å². The first-order chi connectivity index (χ1) is 16.4. The lowest BCUT2D eigenvalue weighted by Crippen LogP contribution is -2.47. The van der Waals surface area contributed by atoms with E-state index in [4.69, 9.17) is 10.00 Å². The summed E-state index contributed by atoms with van der Waals surface area (Å²) >= 11 is 0. The molecule has 2 aliphatic rings. The fourth-order valence-corrected chi connectivity index (χ4v) is 4.87. The van der Waals surface area contributed by atoms with Crippen LogP contribution >= 0.6 is 0 Å². The van der Waals surface area contributed by atoms with Crippen LogP contribution in [0.3, 0.4) is 0 Å². The molecule has 1 aromatic rings. The Balaban J connectivity index is 1.93. The van der Waals surface area contributed by atoms with Gasteiger partial charge < -0.3 is 9.64 Å². The first kappa shape index (κ1) is 25.6. The second-order valence-corrected chi connectivity index (χ2v) is 9.56. The monoisotopic (exact) mass is 462 g/mol. The number of ether oxygens (including phenoxy) is 1. The first-order valence-corrected chi connectivity index (χ1v) is 12.4. The van der Waals surface area contributed by atoms with E-state index in [2.05, 4.69) is 48.8 Å². The highest BCUT2D eigenvalue weighted by Crippen LogP contribution is 2.34. The molecule has 1 heterocycles. The molecule has 1 aromatic carbocycles. The predicted octanol–water partition coefficient (Wildman–Crippen LogP) is 6.10. The van der Waals surface area contributed by atoms with E-state index >= 15 is 0 Å². The van der Waals surface area contributed by atoms with Gasteiger partial charge in [0, 0.05) is 19.6 Å². The molecule has 6 heteroatoms. The molecule has 0 spiro atoms. The van der Waals surface area contributed by atoms with Crippen molar-refractivity contribution >= 4 is 12.2 Å². The largest absolute Gasteiger partial charge is 0.499 e. The molecule has 3 rings (SSSR count). The summed E-state index contributed by atoms with van der Waals surface area (Å²) in [7, 11) is 1.59. The lowest BCUT2D eigenvalue weighted by Gasteiger charge is -2.38. The number of carbonyl (C=O) groups is 1. The first-order valence-electron chi connectivity index (χ1n) is 12.4. The molecule has 2 fully saturated rings. The number of hydrogen-bond donors (Lipinski definition) is 0. The van der Waals surface area contributed by atoms with Crippen LogP contribution in [-0.4, -0.2) is 48.8 Å². The molecule has 2 atom stereocenters. The highest BCUT2D eigenvalue weighted by atomic mass is 16.5. The molecule has 1 saturated heterocycles. The Morgan fingerprint density at radius 1 is 1.21 bits per heavy atom. The number of methoxy groups -OCH3 is 1. The van der Waals surface area contributed by atoms with Gasteiger partial charge in [0.05, 0.1) is 13.3 Å². The molecule has 0 unspecified atom stereocenters. The lowest BCUT2D eigenvalue weighted by molar-refractivity contribution is 0.132. The molecule has 34 heavy (non-hydrogen) atoms. The highest BCUT2D eigenvalue weighted by molar-refractivity contribution is 5.88. The molecule has 1 aliphatic heterocycles. The lowest BCUT2D eigenvalue weighted by atomic mass is 9.81. The average molecular weight is 463 g/mol. The number of nitrogens with zero attached hydrogens (tertiary/aromatic N) is 4. The number of allylic oxidation sites excluding steroid dienone is 3. The Morgan fingerprint density at radius 3 is 2.56 bits per heavy atom. The van der Waals surface area contributed by atoms with Crippen LogP contribution in [0.15, 0.2) is 59.1 Å². The number of nitriles is 1. The summed E-state index contributed by atoms with van der Waals surface area (Å²) in [5.74, 6) is 2.11. The normalized spacial score (nSPS) is 23.2. The minimum Gasteiger partial charge on any atom is -0.499 e. The second kappa shape index (κ2) is 12.4. The fraction of sp³-hybridized carbons (Fsp3) is 0.536. The zero-order chi connectivity index (χ0) is 24.5. The third-order valence-corrected chi connectivity index (χ3v) is 7.30. The summed E-state index contributed by atoms with van der Waals surface area (Å²) in [4.78, 5) is 21.9. The Kier molecular flexibility index (Phi) is 9.33. The number of urea groups is 1. The standard InChI is InChI=1S/C28H38N4O2/c1-21-15-17-31(20-24-10-8-11-24)28(33)32(27(23(3)34-4)19-30-22(2)18-29)16-9-14-26(21)25-12-6-5-7-13-25/h5-7,12-13,19,21,24,26H,2,8-11,14-17,20H2,1,3-4H3/b27-23-,30-19?/t21-,26+/m1/s1. The van der Waals surface area contributed by atoms with E-state index in [-0.39, 0.29) is 11.7 Å². The number of hydrogen-bond acceptors (Lipinski definition) is 4. The van der Waals surface area contributed by atoms with E-state index < -0.39 is 0 Å². The van der Waals surface area contributed by atoms with Crippen LogP contribution < -0.4 is 0 Å². The molecular formula is C28H38N4O2. The average Bonchev–Trinajstić information content (AvgIpc) is 2.83. The van der Waals surface area contributed by atoms with Gasteiger partial charge in [-0.2, -0.15) is 5.26 Å². The molecule has 6 nitrogen and oxygen atoms in total. The predicted molar refractivity (Wildman–Crippen MR) is 136 cm³/mol. The second-order valence-electron chi connectivity index (χ2n) is 9.56. The van der Waals surface area contributed by atoms with Crippen molar-refractivity contribution in [1.29, 1.82) is 5.26 Å². The number of carbonyl (C=O) groups excluding carboxylic acids is 1. The van der Waals surface area contributed by atoms with Crippen molar-refractivity contribution in [1.82, 2.24) is 9.80 Å². The van der Waals surface area contributed by atoms with E-state index in [1.54, 1.807) is 18.2 Å². The van der Waals surface area contributed by atoms with Crippen LogP contribution in [0.5, 0.6) is 0 Å². The van der Waals surface area contributed by atoms with Crippen LogP contribution in [0.4, 0.5) is 4.79 Å². The van der Waals surface area contributed by atoms with E-state index in [1.807, 2.05) is 17.9 Å². The van der Waals surface area contributed by atoms with Gasteiger partial charge in [0.15, 0.2) is 0 Å². The molecule has 0 radical (unpaired) electrons. The molecule has 1 aliphatic carbocycles. The van der Waals surface area contributed by atoms with Crippen LogP contribution in [0.1, 0.15) is 63.9 Å². The van der Waals surface area contributed by atoms with Gasteiger partial charge in [-0.25, -0.2) is 9.79 Å². The van der Waals surface area contributed by atoms with Crippen molar-refractivity contribution in [2.45, 2.75) is 58.3 Å². The Hall–Kier alpha value is -3.07. The van der Waals surface area contributed by atoms with E-state index in [9.17, 15) is 4.79 Å². The van der Waals surface area contributed by atoms with Gasteiger partial charge >= 0.3 is 6.03 Å². The highest BCUT2D eigenvalue weighted by Gasteiger charge is 2.31. The summed E-state index contributed by atoms with van der Waals surface area (Å²) in [5, 5.41) is 9.09. The van der Waals surface area contributed by atoms with Crippen molar-refractivity contribution in [2.24, 2.45) is 16.8 Å². The Bertz CT molecular complexity index is 943. The number of benzene rings is 1. The SMILES string of the molecule is C=C(C#N)N=C/C(=C(\C)OC)N1CCC[C@H](c2ccccc2)[C@H](C)CCN(CC2CCC2)C1=O. The quantitative estimate of drug-likeness (QED) is 0.279. The van der Waals surface area contributed by atoms with Gasteiger partial charge in [-0.15, -0.1) is 0 Å². The maximum absolute atomic E-state index is 13.9. The molecule has 0 bridgehead atoms. The van der Waals surface area contributed by atoms with E-state index in [1.165, 1.54) is 24.8 Å². The molecule has 0 N–H and O–H groups in total. The molecule has 1 saturated carbocycles. The summed E-state index contributed by atoms with van der Waals surface area (Å²) in [6.45, 7) is 9.89. The van der Waals surface area contributed by atoms with Crippen molar-refractivity contribution in [2.75, 3.05) is 26.7 Å². The smallest absolute Gasteiger partial charge is 0.324 e. The Labute approximate surface area is 204 Å². The van der Waals surface area contributed by atoms with Gasteiger partial charge in [-0.3, -0.25) is 4.90 Å². The zero-order valence-electron chi connectivity index (χ0n) is 20.9. The van der Waals surface area contributed by atoms with E-state index in [0.29, 0.717) is 35.8 Å². The summed E-state index contributed by atoms with van der Waals surface area (Å²) in [6.07, 6.45) is 8.00. The topological polar surface area (TPSA) is 68.9 Å². The minimum atomic E-state index is -0.00215. The van der Waals surface area contributed by atoms with Crippen molar-refractivity contribution in [3.8, 4) is 6.07 Å². The third kappa shape index (κ3) is 6.50. The Morgan fingerprint density at radius 2 is 1.94 bits per heavy atom. The van der Waals surface area contributed by atoms with Crippen LogP contribution in [-0.2, 0) is 4.74 Å². The van der Waals surface area contributed by atoms with Gasteiger partial charge in [0.2, 0.25) is 0 Å². The minimum absolute atomic E-state index is 0.00215. The number of rotatable bonds is 7.